The molecule has 104 valence electrons. The van der Waals surface area contributed by atoms with Crippen molar-refractivity contribution in [1.29, 1.82) is 0 Å². The summed E-state index contributed by atoms with van der Waals surface area (Å²) in [5, 5.41) is 7.88. The SMILES string of the molecule is C[C@H](NC(=S)NC[C@@H]1CCCO1)c1ccc(Cl)cc1. The number of hydrogen-bond donors (Lipinski definition) is 2. The van der Waals surface area contributed by atoms with E-state index < -0.39 is 0 Å². The van der Waals surface area contributed by atoms with E-state index in [0.29, 0.717) is 11.2 Å². The first-order valence-electron chi connectivity index (χ1n) is 6.56. The highest BCUT2D eigenvalue weighted by Gasteiger charge is 2.15. The van der Waals surface area contributed by atoms with Gasteiger partial charge >= 0.3 is 0 Å². The van der Waals surface area contributed by atoms with Crippen molar-refractivity contribution in [2.75, 3.05) is 13.2 Å². The number of ether oxygens (including phenoxy) is 1. The van der Waals surface area contributed by atoms with Gasteiger partial charge in [0.2, 0.25) is 0 Å². The van der Waals surface area contributed by atoms with Crippen molar-refractivity contribution in [3.05, 3.63) is 34.9 Å². The van der Waals surface area contributed by atoms with Gasteiger partial charge in [0, 0.05) is 18.2 Å². The monoisotopic (exact) mass is 298 g/mol. The van der Waals surface area contributed by atoms with Crippen molar-refractivity contribution >= 4 is 28.9 Å². The number of benzene rings is 1. The van der Waals surface area contributed by atoms with Gasteiger partial charge in [-0.25, -0.2) is 0 Å². The van der Waals surface area contributed by atoms with Gasteiger partial charge in [0.25, 0.3) is 0 Å². The molecule has 0 amide bonds. The Labute approximate surface area is 124 Å². The Morgan fingerprint density at radius 1 is 1.47 bits per heavy atom. The molecule has 0 aromatic heterocycles. The van der Waals surface area contributed by atoms with Crippen LogP contribution in [-0.4, -0.2) is 24.4 Å². The molecule has 1 aromatic rings. The Kier molecular flexibility index (Phi) is 5.43. The van der Waals surface area contributed by atoms with Gasteiger partial charge in [-0.3, -0.25) is 0 Å². The standard InChI is InChI=1S/C14H19ClN2OS/c1-10(11-4-6-12(15)7-5-11)17-14(19)16-9-13-3-2-8-18-13/h4-7,10,13H,2-3,8-9H2,1H3,(H2,16,17,19)/t10-,13-/m0/s1. The minimum absolute atomic E-state index is 0.154. The normalized spacial score (nSPS) is 20.0. The van der Waals surface area contributed by atoms with Gasteiger partial charge in [-0.1, -0.05) is 23.7 Å². The third-order valence-electron chi connectivity index (χ3n) is 3.23. The summed E-state index contributed by atoms with van der Waals surface area (Å²) in [6.07, 6.45) is 2.56. The molecule has 0 bridgehead atoms. The van der Waals surface area contributed by atoms with E-state index in [1.807, 2.05) is 24.3 Å². The van der Waals surface area contributed by atoms with Crippen LogP contribution in [-0.2, 0) is 4.74 Å². The first kappa shape index (κ1) is 14.6. The summed E-state index contributed by atoms with van der Waals surface area (Å²) < 4.78 is 5.54. The summed E-state index contributed by atoms with van der Waals surface area (Å²) in [6, 6.07) is 7.93. The van der Waals surface area contributed by atoms with Crippen LogP contribution in [0.5, 0.6) is 0 Å². The summed E-state index contributed by atoms with van der Waals surface area (Å²) in [4.78, 5) is 0. The van der Waals surface area contributed by atoms with Crippen LogP contribution in [0.1, 0.15) is 31.4 Å². The van der Waals surface area contributed by atoms with Gasteiger partial charge in [0.15, 0.2) is 5.11 Å². The van der Waals surface area contributed by atoms with Crippen LogP contribution in [0.2, 0.25) is 5.02 Å². The van der Waals surface area contributed by atoms with Crippen molar-refractivity contribution in [2.24, 2.45) is 0 Å². The van der Waals surface area contributed by atoms with E-state index in [1.165, 1.54) is 0 Å². The zero-order chi connectivity index (χ0) is 13.7. The molecule has 1 fully saturated rings. The zero-order valence-corrected chi connectivity index (χ0v) is 12.6. The highest BCUT2D eigenvalue weighted by Crippen LogP contribution is 2.16. The summed E-state index contributed by atoms with van der Waals surface area (Å²) in [5.41, 5.74) is 1.16. The maximum Gasteiger partial charge on any atom is 0.166 e. The van der Waals surface area contributed by atoms with Crippen LogP contribution in [0, 0.1) is 0 Å². The van der Waals surface area contributed by atoms with Crippen molar-refractivity contribution in [1.82, 2.24) is 10.6 Å². The van der Waals surface area contributed by atoms with Gasteiger partial charge in [-0.05, 0) is 49.7 Å². The van der Waals surface area contributed by atoms with Gasteiger partial charge in [0.05, 0.1) is 12.1 Å². The number of halogens is 1. The Bertz CT molecular complexity index is 418. The van der Waals surface area contributed by atoms with E-state index in [9.17, 15) is 0 Å². The van der Waals surface area contributed by atoms with Crippen molar-refractivity contribution in [2.45, 2.75) is 31.9 Å². The first-order chi connectivity index (χ1) is 9.15. The van der Waals surface area contributed by atoms with E-state index in [4.69, 9.17) is 28.6 Å². The summed E-state index contributed by atoms with van der Waals surface area (Å²) in [6.45, 7) is 3.72. The Morgan fingerprint density at radius 3 is 2.84 bits per heavy atom. The average Bonchev–Trinajstić information content (AvgIpc) is 2.90. The predicted molar refractivity (Wildman–Crippen MR) is 82.6 cm³/mol. The van der Waals surface area contributed by atoms with Crippen molar-refractivity contribution < 1.29 is 4.74 Å². The quantitative estimate of drug-likeness (QED) is 0.837. The summed E-state index contributed by atoms with van der Waals surface area (Å²) in [5.74, 6) is 0. The fourth-order valence-electron chi connectivity index (χ4n) is 2.09. The van der Waals surface area contributed by atoms with Gasteiger partial charge < -0.3 is 15.4 Å². The van der Waals surface area contributed by atoms with Crippen LogP contribution in [0.4, 0.5) is 0 Å². The molecule has 0 aliphatic carbocycles. The molecule has 0 unspecified atom stereocenters. The molecule has 1 aromatic carbocycles. The molecule has 1 aliphatic rings. The minimum Gasteiger partial charge on any atom is -0.376 e. The third kappa shape index (κ3) is 4.64. The smallest absolute Gasteiger partial charge is 0.166 e. The highest BCUT2D eigenvalue weighted by atomic mass is 35.5. The van der Waals surface area contributed by atoms with Crippen LogP contribution in [0.3, 0.4) is 0 Å². The second-order valence-corrected chi connectivity index (χ2v) is 5.61. The lowest BCUT2D eigenvalue weighted by Gasteiger charge is -2.19. The number of rotatable bonds is 4. The molecule has 1 heterocycles. The maximum atomic E-state index is 5.87. The molecule has 0 radical (unpaired) electrons. The fraction of sp³-hybridized carbons (Fsp3) is 0.500. The topological polar surface area (TPSA) is 33.3 Å². The van der Waals surface area contributed by atoms with Crippen molar-refractivity contribution in [3.63, 3.8) is 0 Å². The molecule has 5 heteroatoms. The lowest BCUT2D eigenvalue weighted by molar-refractivity contribution is 0.114. The molecule has 2 rings (SSSR count). The molecule has 19 heavy (non-hydrogen) atoms. The second-order valence-electron chi connectivity index (χ2n) is 4.76. The third-order valence-corrected chi connectivity index (χ3v) is 3.75. The largest absolute Gasteiger partial charge is 0.376 e. The van der Waals surface area contributed by atoms with E-state index in [2.05, 4.69) is 17.6 Å². The van der Waals surface area contributed by atoms with Crippen LogP contribution < -0.4 is 10.6 Å². The lowest BCUT2D eigenvalue weighted by Crippen LogP contribution is -2.40. The van der Waals surface area contributed by atoms with Crippen LogP contribution in [0.15, 0.2) is 24.3 Å². The van der Waals surface area contributed by atoms with E-state index in [1.54, 1.807) is 0 Å². The average molecular weight is 299 g/mol. The van der Waals surface area contributed by atoms with Crippen LogP contribution in [0.25, 0.3) is 0 Å². The molecular weight excluding hydrogens is 280 g/mol. The van der Waals surface area contributed by atoms with E-state index in [0.717, 1.165) is 36.6 Å². The zero-order valence-electron chi connectivity index (χ0n) is 11.0. The molecule has 3 nitrogen and oxygen atoms in total. The van der Waals surface area contributed by atoms with Gasteiger partial charge in [-0.2, -0.15) is 0 Å². The van der Waals surface area contributed by atoms with Crippen molar-refractivity contribution in [3.8, 4) is 0 Å². The maximum absolute atomic E-state index is 5.87. The summed E-state index contributed by atoms with van der Waals surface area (Å²) >= 11 is 11.2. The number of nitrogens with one attached hydrogen (secondary N) is 2. The molecule has 0 saturated carbocycles. The van der Waals surface area contributed by atoms with E-state index >= 15 is 0 Å². The fourth-order valence-corrected chi connectivity index (χ4v) is 2.48. The molecule has 1 aliphatic heterocycles. The minimum atomic E-state index is 0.154. The lowest BCUT2D eigenvalue weighted by atomic mass is 10.1. The van der Waals surface area contributed by atoms with Crippen LogP contribution >= 0.6 is 23.8 Å². The number of hydrogen-bond acceptors (Lipinski definition) is 2. The highest BCUT2D eigenvalue weighted by molar-refractivity contribution is 7.80. The number of thiocarbonyl (C=S) groups is 1. The Morgan fingerprint density at radius 2 is 2.21 bits per heavy atom. The Balaban J connectivity index is 1.76. The molecular formula is C14H19ClN2OS. The molecule has 2 N–H and O–H groups in total. The second kappa shape index (κ2) is 7.08. The Hall–Kier alpha value is -0.840. The molecule has 1 saturated heterocycles. The predicted octanol–water partition coefficient (Wildman–Crippen LogP) is 3.04. The summed E-state index contributed by atoms with van der Waals surface area (Å²) in [7, 11) is 0. The first-order valence-corrected chi connectivity index (χ1v) is 7.35. The van der Waals surface area contributed by atoms with E-state index in [-0.39, 0.29) is 6.04 Å². The van der Waals surface area contributed by atoms with Gasteiger partial charge in [0.1, 0.15) is 0 Å². The molecule has 2 atom stereocenters. The molecule has 0 spiro atoms. The van der Waals surface area contributed by atoms with Gasteiger partial charge in [-0.15, -0.1) is 0 Å².